The Kier molecular flexibility index (Phi) is 3.27. The number of pyridine rings is 1. The number of nitrogens with zero attached hydrogens (tertiary/aromatic N) is 2. The molecule has 0 fully saturated rings. The average molecular weight is 303 g/mol. The van der Waals surface area contributed by atoms with Crippen molar-refractivity contribution < 1.29 is 9.53 Å². The van der Waals surface area contributed by atoms with Crippen LogP contribution >= 0.6 is 11.6 Å². The quantitative estimate of drug-likeness (QED) is 0.684. The average Bonchev–Trinajstić information content (AvgIpc) is 2.81. The monoisotopic (exact) mass is 302 g/mol. The molecule has 3 aromatic rings. The Morgan fingerprint density at radius 2 is 1.86 bits per heavy atom. The summed E-state index contributed by atoms with van der Waals surface area (Å²) in [6.45, 7) is 0. The van der Waals surface area contributed by atoms with Crippen LogP contribution in [0.4, 0.5) is 0 Å². The molecule has 0 radical (unpaired) electrons. The molecule has 0 saturated heterocycles. The number of benzene rings is 1. The predicted molar refractivity (Wildman–Crippen MR) is 79.3 cm³/mol. The molecule has 0 unspecified atom stereocenters. The Labute approximate surface area is 125 Å². The molecule has 0 spiro atoms. The molecule has 0 N–H and O–H groups in total. The number of hydrogen-bond donors (Lipinski definition) is 0. The molecule has 2 aromatic heterocycles. The van der Waals surface area contributed by atoms with E-state index in [1.807, 2.05) is 0 Å². The molecule has 3 rings (SSSR count). The van der Waals surface area contributed by atoms with Crippen LogP contribution in [0.2, 0.25) is 5.02 Å². The standard InChI is InChI=1S/C15H11ClN2O3/c1-21-14(19)13-12-4-2-3-9-17(12)15(20)18(13)11-7-5-10(16)6-8-11/h2-9H,1H3. The number of rotatable bonds is 2. The van der Waals surface area contributed by atoms with Gasteiger partial charge in [-0.1, -0.05) is 17.7 Å². The Hall–Kier alpha value is -2.53. The second-order valence-corrected chi connectivity index (χ2v) is 4.83. The van der Waals surface area contributed by atoms with E-state index in [0.717, 1.165) is 0 Å². The zero-order valence-corrected chi connectivity index (χ0v) is 11.9. The number of esters is 1. The summed E-state index contributed by atoms with van der Waals surface area (Å²) in [7, 11) is 1.28. The molecular formula is C15H11ClN2O3. The van der Waals surface area contributed by atoms with Crippen LogP contribution in [-0.4, -0.2) is 22.0 Å². The van der Waals surface area contributed by atoms with E-state index in [0.29, 0.717) is 16.2 Å². The van der Waals surface area contributed by atoms with E-state index in [4.69, 9.17) is 16.3 Å². The largest absolute Gasteiger partial charge is 0.464 e. The summed E-state index contributed by atoms with van der Waals surface area (Å²) < 4.78 is 7.53. The molecule has 6 heteroatoms. The Morgan fingerprint density at radius 1 is 1.14 bits per heavy atom. The molecule has 0 atom stereocenters. The fraction of sp³-hybridized carbons (Fsp3) is 0.0667. The van der Waals surface area contributed by atoms with Crippen LogP contribution in [0, 0.1) is 0 Å². The van der Waals surface area contributed by atoms with Crippen molar-refractivity contribution in [3.05, 3.63) is 69.9 Å². The van der Waals surface area contributed by atoms with Gasteiger partial charge in [-0.05, 0) is 36.4 Å². The number of ether oxygens (including phenoxy) is 1. The summed E-state index contributed by atoms with van der Waals surface area (Å²) in [5, 5.41) is 0.551. The first kappa shape index (κ1) is 13.5. The molecule has 0 saturated carbocycles. The Bertz CT molecular complexity index is 878. The SMILES string of the molecule is COC(=O)c1c2ccccn2c(=O)n1-c1ccc(Cl)cc1. The van der Waals surface area contributed by atoms with Crippen LogP contribution in [0.25, 0.3) is 11.2 Å². The lowest BCUT2D eigenvalue weighted by Crippen LogP contribution is -2.21. The highest BCUT2D eigenvalue weighted by Gasteiger charge is 2.22. The van der Waals surface area contributed by atoms with Crippen molar-refractivity contribution in [2.24, 2.45) is 0 Å². The maximum absolute atomic E-state index is 12.5. The second-order valence-electron chi connectivity index (χ2n) is 4.39. The number of imidazole rings is 1. The van der Waals surface area contributed by atoms with E-state index >= 15 is 0 Å². The third-order valence-corrected chi connectivity index (χ3v) is 3.44. The van der Waals surface area contributed by atoms with Gasteiger partial charge in [0.2, 0.25) is 0 Å². The molecule has 2 heterocycles. The van der Waals surface area contributed by atoms with Crippen LogP contribution < -0.4 is 5.69 Å². The molecule has 1 aromatic carbocycles. The first-order chi connectivity index (χ1) is 10.1. The van der Waals surface area contributed by atoms with Crippen molar-refractivity contribution in [3.63, 3.8) is 0 Å². The van der Waals surface area contributed by atoms with E-state index in [-0.39, 0.29) is 11.4 Å². The van der Waals surface area contributed by atoms with Crippen LogP contribution in [0.5, 0.6) is 0 Å². The minimum Gasteiger partial charge on any atom is -0.464 e. The normalized spacial score (nSPS) is 10.8. The molecule has 5 nitrogen and oxygen atoms in total. The highest BCUT2D eigenvalue weighted by atomic mass is 35.5. The first-order valence-corrected chi connectivity index (χ1v) is 6.57. The number of aromatic nitrogens is 2. The van der Waals surface area contributed by atoms with Crippen molar-refractivity contribution in [2.75, 3.05) is 7.11 Å². The number of carbonyl (C=O) groups excluding carboxylic acids is 1. The van der Waals surface area contributed by atoms with Crippen LogP contribution in [0.15, 0.2) is 53.5 Å². The van der Waals surface area contributed by atoms with Gasteiger partial charge in [-0.25, -0.2) is 9.59 Å². The second kappa shape index (κ2) is 5.10. The van der Waals surface area contributed by atoms with Crippen molar-refractivity contribution >= 4 is 23.1 Å². The lowest BCUT2D eigenvalue weighted by Gasteiger charge is -2.06. The van der Waals surface area contributed by atoms with Crippen LogP contribution in [-0.2, 0) is 4.74 Å². The lowest BCUT2D eigenvalue weighted by molar-refractivity contribution is 0.0593. The highest BCUT2D eigenvalue weighted by molar-refractivity contribution is 6.30. The topological polar surface area (TPSA) is 52.7 Å². The smallest absolute Gasteiger partial charge is 0.357 e. The first-order valence-electron chi connectivity index (χ1n) is 6.20. The number of methoxy groups -OCH3 is 1. The summed E-state index contributed by atoms with van der Waals surface area (Å²) in [5.41, 5.74) is 0.886. The molecule has 0 aliphatic rings. The van der Waals surface area contributed by atoms with Gasteiger partial charge in [0.15, 0.2) is 5.69 Å². The zero-order valence-electron chi connectivity index (χ0n) is 11.1. The highest BCUT2D eigenvalue weighted by Crippen LogP contribution is 2.18. The zero-order chi connectivity index (χ0) is 15.0. The van der Waals surface area contributed by atoms with Gasteiger partial charge in [-0.2, -0.15) is 0 Å². The van der Waals surface area contributed by atoms with Gasteiger partial charge in [0.25, 0.3) is 0 Å². The van der Waals surface area contributed by atoms with Crippen molar-refractivity contribution in [3.8, 4) is 5.69 Å². The van der Waals surface area contributed by atoms with Gasteiger partial charge in [0, 0.05) is 11.2 Å². The van der Waals surface area contributed by atoms with E-state index in [9.17, 15) is 9.59 Å². The number of fused-ring (bicyclic) bond motifs is 1. The van der Waals surface area contributed by atoms with Gasteiger partial charge in [-0.3, -0.25) is 8.97 Å². The van der Waals surface area contributed by atoms with E-state index in [1.54, 1.807) is 48.7 Å². The number of carbonyl (C=O) groups is 1. The van der Waals surface area contributed by atoms with Gasteiger partial charge in [-0.15, -0.1) is 0 Å². The summed E-state index contributed by atoms with van der Waals surface area (Å²) in [4.78, 5) is 24.6. The number of halogens is 1. The van der Waals surface area contributed by atoms with Crippen LogP contribution in [0.3, 0.4) is 0 Å². The van der Waals surface area contributed by atoms with E-state index < -0.39 is 5.97 Å². The van der Waals surface area contributed by atoms with Crippen molar-refractivity contribution in [2.45, 2.75) is 0 Å². The van der Waals surface area contributed by atoms with Gasteiger partial charge in [0.05, 0.1) is 18.3 Å². The fourth-order valence-electron chi connectivity index (χ4n) is 2.24. The molecule has 0 aliphatic carbocycles. The summed E-state index contributed by atoms with van der Waals surface area (Å²) in [6, 6.07) is 11.8. The van der Waals surface area contributed by atoms with Gasteiger partial charge < -0.3 is 4.74 Å². The molecule has 0 aliphatic heterocycles. The molecule has 0 bridgehead atoms. The minimum absolute atomic E-state index is 0.186. The van der Waals surface area contributed by atoms with Crippen molar-refractivity contribution in [1.29, 1.82) is 0 Å². The maximum Gasteiger partial charge on any atom is 0.357 e. The van der Waals surface area contributed by atoms with Crippen LogP contribution in [0.1, 0.15) is 10.5 Å². The summed E-state index contributed by atoms with van der Waals surface area (Å²) >= 11 is 5.86. The fourth-order valence-corrected chi connectivity index (χ4v) is 2.37. The van der Waals surface area contributed by atoms with E-state index in [2.05, 4.69) is 0 Å². The lowest BCUT2D eigenvalue weighted by atomic mass is 10.3. The van der Waals surface area contributed by atoms with Gasteiger partial charge >= 0.3 is 11.7 Å². The molecular weight excluding hydrogens is 292 g/mol. The molecule has 21 heavy (non-hydrogen) atoms. The third-order valence-electron chi connectivity index (χ3n) is 3.19. The molecule has 106 valence electrons. The Morgan fingerprint density at radius 3 is 2.52 bits per heavy atom. The third kappa shape index (κ3) is 2.11. The minimum atomic E-state index is -0.573. The van der Waals surface area contributed by atoms with Crippen molar-refractivity contribution in [1.82, 2.24) is 8.97 Å². The number of hydrogen-bond acceptors (Lipinski definition) is 3. The summed E-state index contributed by atoms with van der Waals surface area (Å²) in [6.07, 6.45) is 1.61. The predicted octanol–water partition coefficient (Wildman–Crippen LogP) is 2.53. The van der Waals surface area contributed by atoms with Gasteiger partial charge in [0.1, 0.15) is 0 Å². The maximum atomic E-state index is 12.5. The molecule has 0 amide bonds. The Balaban J connectivity index is 2.40. The van der Waals surface area contributed by atoms with E-state index in [1.165, 1.54) is 16.1 Å². The summed E-state index contributed by atoms with van der Waals surface area (Å²) in [5.74, 6) is -0.573.